The van der Waals surface area contributed by atoms with Crippen molar-refractivity contribution in [2.45, 2.75) is 33.7 Å². The molecule has 0 bridgehead atoms. The molecule has 7 heteroatoms. The maximum Gasteiger partial charge on any atom is 0.313 e. The normalized spacial score (nSPS) is 12.0. The molecule has 0 aliphatic rings. The van der Waals surface area contributed by atoms with Crippen molar-refractivity contribution in [1.29, 1.82) is 0 Å². The predicted octanol–water partition coefficient (Wildman–Crippen LogP) is 1.88. The number of hydrogen-bond donors (Lipinski definition) is 3. The van der Waals surface area contributed by atoms with Crippen LogP contribution in [0.4, 0.5) is 5.69 Å². The maximum absolute atomic E-state index is 12.0. The van der Waals surface area contributed by atoms with E-state index in [0.29, 0.717) is 17.3 Å². The van der Waals surface area contributed by atoms with Crippen molar-refractivity contribution in [3.8, 4) is 11.4 Å². The highest BCUT2D eigenvalue weighted by Gasteiger charge is 2.18. The lowest BCUT2D eigenvalue weighted by atomic mass is 10.1. The molecule has 1 heterocycles. The first kappa shape index (κ1) is 16.7. The molecule has 1 unspecified atom stereocenters. The molecule has 0 spiro atoms. The zero-order chi connectivity index (χ0) is 17.0. The molecule has 2 aromatic rings. The van der Waals surface area contributed by atoms with Crippen LogP contribution in [0.2, 0.25) is 0 Å². The Morgan fingerprint density at radius 2 is 1.91 bits per heavy atom. The Morgan fingerprint density at radius 3 is 2.52 bits per heavy atom. The minimum absolute atomic E-state index is 0.0733. The van der Waals surface area contributed by atoms with Crippen LogP contribution in [0.25, 0.3) is 11.4 Å². The molecule has 0 saturated carbocycles. The number of nitrogens with one attached hydrogen (secondary N) is 3. The molecule has 2 amide bonds. The predicted molar refractivity (Wildman–Crippen MR) is 87.6 cm³/mol. The number of aromatic amines is 1. The van der Waals surface area contributed by atoms with Gasteiger partial charge >= 0.3 is 11.8 Å². The van der Waals surface area contributed by atoms with E-state index in [1.807, 2.05) is 33.8 Å². The highest BCUT2D eigenvalue weighted by atomic mass is 16.2. The van der Waals surface area contributed by atoms with Crippen molar-refractivity contribution >= 4 is 17.5 Å². The number of anilines is 1. The highest BCUT2D eigenvalue weighted by Crippen LogP contribution is 2.19. The molecular weight excluding hydrogens is 294 g/mol. The van der Waals surface area contributed by atoms with Crippen molar-refractivity contribution < 1.29 is 9.59 Å². The SMILES string of the molecule is Cc1nc(-c2cccc(NC(=O)C(=O)NC(C)C(C)C)c2)n[nH]1. The molecule has 7 nitrogen and oxygen atoms in total. The molecule has 0 aliphatic carbocycles. The van der Waals surface area contributed by atoms with Gasteiger partial charge in [0.2, 0.25) is 0 Å². The van der Waals surface area contributed by atoms with Gasteiger partial charge in [0.15, 0.2) is 5.82 Å². The van der Waals surface area contributed by atoms with Gasteiger partial charge < -0.3 is 10.6 Å². The number of aromatic nitrogens is 3. The van der Waals surface area contributed by atoms with Crippen LogP contribution in [0.3, 0.4) is 0 Å². The molecule has 3 N–H and O–H groups in total. The van der Waals surface area contributed by atoms with E-state index >= 15 is 0 Å². The Labute approximate surface area is 134 Å². The first-order chi connectivity index (χ1) is 10.9. The van der Waals surface area contributed by atoms with E-state index in [-0.39, 0.29) is 12.0 Å². The van der Waals surface area contributed by atoms with Gasteiger partial charge in [0.1, 0.15) is 5.82 Å². The molecule has 0 radical (unpaired) electrons. The number of H-pyrrole nitrogens is 1. The second-order valence-electron chi connectivity index (χ2n) is 5.79. The fourth-order valence-corrected chi connectivity index (χ4v) is 1.83. The lowest BCUT2D eigenvalue weighted by molar-refractivity contribution is -0.136. The summed E-state index contributed by atoms with van der Waals surface area (Å²) in [6.07, 6.45) is 0. The largest absolute Gasteiger partial charge is 0.345 e. The number of carbonyl (C=O) groups is 2. The van der Waals surface area contributed by atoms with Gasteiger partial charge in [0, 0.05) is 17.3 Å². The van der Waals surface area contributed by atoms with Crippen LogP contribution >= 0.6 is 0 Å². The van der Waals surface area contributed by atoms with Crippen molar-refractivity contribution in [3.63, 3.8) is 0 Å². The van der Waals surface area contributed by atoms with Gasteiger partial charge in [-0.25, -0.2) is 4.98 Å². The van der Waals surface area contributed by atoms with E-state index in [4.69, 9.17) is 0 Å². The van der Waals surface area contributed by atoms with Crippen LogP contribution in [0.5, 0.6) is 0 Å². The Hall–Kier alpha value is -2.70. The summed E-state index contributed by atoms with van der Waals surface area (Å²) in [5.74, 6) is 0.156. The average Bonchev–Trinajstić information content (AvgIpc) is 2.94. The van der Waals surface area contributed by atoms with Crippen molar-refractivity contribution in [2.24, 2.45) is 5.92 Å². The first-order valence-electron chi connectivity index (χ1n) is 7.48. The molecule has 1 atom stereocenters. The van der Waals surface area contributed by atoms with E-state index in [0.717, 1.165) is 5.56 Å². The Morgan fingerprint density at radius 1 is 1.17 bits per heavy atom. The Balaban J connectivity index is 2.05. The number of amides is 2. The molecular formula is C16H21N5O2. The summed E-state index contributed by atoms with van der Waals surface area (Å²) in [6, 6.07) is 6.96. The molecule has 1 aromatic heterocycles. The molecule has 23 heavy (non-hydrogen) atoms. The van der Waals surface area contributed by atoms with Crippen LogP contribution in [-0.4, -0.2) is 33.0 Å². The number of nitrogens with zero attached hydrogens (tertiary/aromatic N) is 2. The molecule has 0 aliphatic heterocycles. The fourth-order valence-electron chi connectivity index (χ4n) is 1.83. The van der Waals surface area contributed by atoms with E-state index in [1.165, 1.54) is 0 Å². The van der Waals surface area contributed by atoms with Crippen LogP contribution in [0.15, 0.2) is 24.3 Å². The zero-order valence-corrected chi connectivity index (χ0v) is 13.7. The van der Waals surface area contributed by atoms with Gasteiger partial charge in [-0.15, -0.1) is 0 Å². The van der Waals surface area contributed by atoms with E-state index in [2.05, 4.69) is 25.8 Å². The maximum atomic E-state index is 12.0. The Bertz CT molecular complexity index is 708. The third-order valence-corrected chi connectivity index (χ3v) is 3.54. The number of benzene rings is 1. The lowest BCUT2D eigenvalue weighted by Crippen LogP contribution is -2.42. The smallest absolute Gasteiger partial charge is 0.313 e. The summed E-state index contributed by atoms with van der Waals surface area (Å²) in [6.45, 7) is 7.63. The minimum Gasteiger partial charge on any atom is -0.345 e. The standard InChI is InChI=1S/C16H21N5O2/c1-9(2)10(3)17-15(22)16(23)19-13-7-5-6-12(8-13)14-18-11(4)20-21-14/h5-10H,1-4H3,(H,17,22)(H,19,23)(H,18,20,21). The lowest BCUT2D eigenvalue weighted by Gasteiger charge is -2.17. The van der Waals surface area contributed by atoms with Crippen molar-refractivity contribution in [1.82, 2.24) is 20.5 Å². The van der Waals surface area contributed by atoms with Crippen molar-refractivity contribution in [3.05, 3.63) is 30.1 Å². The quantitative estimate of drug-likeness (QED) is 0.750. The van der Waals surface area contributed by atoms with Gasteiger partial charge in [-0.2, -0.15) is 5.10 Å². The van der Waals surface area contributed by atoms with Gasteiger partial charge in [0.05, 0.1) is 0 Å². The molecule has 0 fully saturated rings. The van der Waals surface area contributed by atoms with Crippen LogP contribution < -0.4 is 10.6 Å². The van der Waals surface area contributed by atoms with E-state index in [1.54, 1.807) is 18.2 Å². The monoisotopic (exact) mass is 315 g/mol. The van der Waals surface area contributed by atoms with Crippen LogP contribution in [-0.2, 0) is 9.59 Å². The zero-order valence-electron chi connectivity index (χ0n) is 13.7. The number of aryl methyl sites for hydroxylation is 1. The second kappa shape index (κ2) is 7.04. The Kier molecular flexibility index (Phi) is 5.10. The third kappa shape index (κ3) is 4.38. The summed E-state index contributed by atoms with van der Waals surface area (Å²) in [5, 5.41) is 12.1. The van der Waals surface area contributed by atoms with E-state index in [9.17, 15) is 9.59 Å². The summed E-state index contributed by atoms with van der Waals surface area (Å²) in [5.41, 5.74) is 1.27. The number of hydrogen-bond acceptors (Lipinski definition) is 4. The highest BCUT2D eigenvalue weighted by molar-refractivity contribution is 6.39. The van der Waals surface area contributed by atoms with Gasteiger partial charge in [0.25, 0.3) is 0 Å². The average molecular weight is 315 g/mol. The summed E-state index contributed by atoms with van der Waals surface area (Å²) in [4.78, 5) is 28.1. The van der Waals surface area contributed by atoms with Gasteiger partial charge in [-0.05, 0) is 31.9 Å². The first-order valence-corrected chi connectivity index (χ1v) is 7.48. The fraction of sp³-hybridized carbons (Fsp3) is 0.375. The third-order valence-electron chi connectivity index (χ3n) is 3.54. The van der Waals surface area contributed by atoms with Crippen molar-refractivity contribution in [2.75, 3.05) is 5.32 Å². The molecule has 0 saturated heterocycles. The topological polar surface area (TPSA) is 99.8 Å². The minimum atomic E-state index is -0.694. The van der Waals surface area contributed by atoms with Gasteiger partial charge in [-0.3, -0.25) is 14.7 Å². The number of rotatable bonds is 4. The van der Waals surface area contributed by atoms with Gasteiger partial charge in [-0.1, -0.05) is 26.0 Å². The number of carbonyl (C=O) groups excluding carboxylic acids is 2. The molecule has 2 rings (SSSR count). The molecule has 122 valence electrons. The second-order valence-corrected chi connectivity index (χ2v) is 5.79. The van der Waals surface area contributed by atoms with E-state index < -0.39 is 11.8 Å². The summed E-state index contributed by atoms with van der Waals surface area (Å²) < 4.78 is 0. The van der Waals surface area contributed by atoms with Crippen LogP contribution in [0.1, 0.15) is 26.6 Å². The van der Waals surface area contributed by atoms with Crippen LogP contribution in [0, 0.1) is 12.8 Å². The summed E-state index contributed by atoms with van der Waals surface area (Å²) in [7, 11) is 0. The summed E-state index contributed by atoms with van der Waals surface area (Å²) >= 11 is 0. The molecule has 1 aromatic carbocycles.